The number of ether oxygens (including phenoxy) is 1. The van der Waals surface area contributed by atoms with Crippen LogP contribution in [0.25, 0.3) is 0 Å². The molecule has 7 heteroatoms. The lowest BCUT2D eigenvalue weighted by Gasteiger charge is -2.46. The monoisotopic (exact) mass is 278 g/mol. The summed E-state index contributed by atoms with van der Waals surface area (Å²) in [6, 6.07) is 0. The summed E-state index contributed by atoms with van der Waals surface area (Å²) < 4.78 is 44.6. The highest BCUT2D eigenvalue weighted by molar-refractivity contribution is 6.60. The van der Waals surface area contributed by atoms with Crippen molar-refractivity contribution in [3.05, 3.63) is 0 Å². The summed E-state index contributed by atoms with van der Waals surface area (Å²) in [6.45, 7) is 0.184. The average molecular weight is 278 g/mol. The van der Waals surface area contributed by atoms with Crippen LogP contribution in [0.15, 0.2) is 0 Å². The lowest BCUT2D eigenvalue weighted by molar-refractivity contribution is 0.0244. The molecule has 1 unspecified atom stereocenters. The Morgan fingerprint density at radius 3 is 2.21 bits per heavy atom. The van der Waals surface area contributed by atoms with Gasteiger partial charge in [-0.3, -0.25) is 0 Å². The van der Waals surface area contributed by atoms with Crippen LogP contribution >= 0.6 is 0 Å². The lowest BCUT2D eigenvalue weighted by atomic mass is 9.51. The van der Waals surface area contributed by atoms with E-state index in [4.69, 9.17) is 4.74 Å². The molecule has 0 bridgehead atoms. The van der Waals surface area contributed by atoms with E-state index < -0.39 is 29.9 Å². The van der Waals surface area contributed by atoms with Crippen LogP contribution in [0.3, 0.4) is 0 Å². The summed E-state index contributed by atoms with van der Waals surface area (Å²) in [7, 11) is 0. The molecule has 1 heterocycles. The zero-order chi connectivity index (χ0) is 14.5. The SMILES string of the molecule is CC(C)(C)OC(=O)N1CC([B-](F)(F)F)C2(CCC2)C1. The van der Waals surface area contributed by atoms with Crippen molar-refractivity contribution in [2.24, 2.45) is 5.41 Å². The van der Waals surface area contributed by atoms with E-state index in [1.54, 1.807) is 20.8 Å². The Labute approximate surface area is 111 Å². The topological polar surface area (TPSA) is 29.5 Å². The van der Waals surface area contributed by atoms with E-state index in [1.807, 2.05) is 0 Å². The molecule has 0 aromatic rings. The molecule has 0 radical (unpaired) electrons. The molecule has 3 nitrogen and oxygen atoms in total. The Hall–Kier alpha value is -0.875. The largest absolute Gasteiger partial charge is 0.483 e. The van der Waals surface area contributed by atoms with Crippen molar-refractivity contribution in [3.8, 4) is 0 Å². The maximum atomic E-state index is 13.1. The Morgan fingerprint density at radius 1 is 1.32 bits per heavy atom. The predicted octanol–water partition coefficient (Wildman–Crippen LogP) is 3.63. The van der Waals surface area contributed by atoms with E-state index in [-0.39, 0.29) is 13.1 Å². The molecule has 1 saturated carbocycles. The molecular weight excluding hydrogens is 258 g/mol. The smallest absolute Gasteiger partial charge is 0.449 e. The molecule has 19 heavy (non-hydrogen) atoms. The third-order valence-electron chi connectivity index (χ3n) is 4.17. The molecule has 0 aromatic carbocycles. The minimum Gasteiger partial charge on any atom is -0.449 e. The number of halogens is 3. The van der Waals surface area contributed by atoms with Gasteiger partial charge in [0.2, 0.25) is 0 Å². The molecule has 2 aliphatic rings. The minimum atomic E-state index is -4.91. The van der Waals surface area contributed by atoms with Crippen molar-refractivity contribution in [2.45, 2.75) is 51.5 Å². The highest BCUT2D eigenvalue weighted by atomic mass is 19.4. The number of carbonyl (C=O) groups is 1. The van der Waals surface area contributed by atoms with Crippen molar-refractivity contribution in [1.29, 1.82) is 0 Å². The average Bonchev–Trinajstić information content (AvgIpc) is 2.53. The fourth-order valence-corrected chi connectivity index (χ4v) is 3.14. The second-order valence-corrected chi connectivity index (χ2v) is 6.81. The van der Waals surface area contributed by atoms with E-state index in [0.717, 1.165) is 6.42 Å². The Bertz CT molecular complexity index is 374. The molecule has 1 saturated heterocycles. The molecule has 0 N–H and O–H groups in total. The Balaban J connectivity index is 2.09. The highest BCUT2D eigenvalue weighted by Gasteiger charge is 2.58. The van der Waals surface area contributed by atoms with Crippen LogP contribution in [0.2, 0.25) is 5.82 Å². The summed E-state index contributed by atoms with van der Waals surface area (Å²) in [4.78, 5) is 13.1. The Kier molecular flexibility index (Phi) is 3.30. The number of rotatable bonds is 1. The lowest BCUT2D eigenvalue weighted by Crippen LogP contribution is -2.43. The minimum absolute atomic E-state index is 0.188. The molecule has 1 spiro atoms. The van der Waals surface area contributed by atoms with Crippen LogP contribution < -0.4 is 0 Å². The molecule has 2 rings (SSSR count). The molecule has 2 fully saturated rings. The van der Waals surface area contributed by atoms with Crippen molar-refractivity contribution >= 4 is 13.1 Å². The zero-order valence-electron chi connectivity index (χ0n) is 11.6. The van der Waals surface area contributed by atoms with E-state index >= 15 is 0 Å². The summed E-state index contributed by atoms with van der Waals surface area (Å²) in [5, 5.41) is 0. The first-order chi connectivity index (χ1) is 8.54. The number of hydrogen-bond donors (Lipinski definition) is 0. The summed E-state index contributed by atoms with van der Waals surface area (Å²) >= 11 is 0. The van der Waals surface area contributed by atoms with Gasteiger partial charge in [0, 0.05) is 13.1 Å². The normalized spacial score (nSPS) is 26.4. The van der Waals surface area contributed by atoms with Gasteiger partial charge in [-0.05, 0) is 44.8 Å². The number of likely N-dealkylation sites (tertiary alicyclic amines) is 1. The van der Waals surface area contributed by atoms with Crippen LogP contribution in [-0.2, 0) is 4.74 Å². The third kappa shape index (κ3) is 2.84. The van der Waals surface area contributed by atoms with Gasteiger partial charge in [0.05, 0.1) is 0 Å². The van der Waals surface area contributed by atoms with E-state index in [2.05, 4.69) is 0 Å². The first-order valence-electron chi connectivity index (χ1n) is 6.71. The van der Waals surface area contributed by atoms with Gasteiger partial charge in [-0.2, -0.15) is 0 Å². The number of carbonyl (C=O) groups excluding carboxylic acids is 1. The van der Waals surface area contributed by atoms with E-state index in [0.29, 0.717) is 12.8 Å². The fourth-order valence-electron chi connectivity index (χ4n) is 3.14. The van der Waals surface area contributed by atoms with Crippen molar-refractivity contribution < 1.29 is 22.5 Å². The summed E-state index contributed by atoms with van der Waals surface area (Å²) in [5.74, 6) is -1.34. The van der Waals surface area contributed by atoms with Crippen LogP contribution in [0.1, 0.15) is 40.0 Å². The zero-order valence-corrected chi connectivity index (χ0v) is 11.6. The van der Waals surface area contributed by atoms with Crippen molar-refractivity contribution in [3.63, 3.8) is 0 Å². The second kappa shape index (κ2) is 4.31. The van der Waals surface area contributed by atoms with Gasteiger partial charge in [0.1, 0.15) is 5.60 Å². The van der Waals surface area contributed by atoms with Gasteiger partial charge < -0.3 is 22.6 Å². The van der Waals surface area contributed by atoms with Crippen molar-refractivity contribution in [1.82, 2.24) is 4.90 Å². The van der Waals surface area contributed by atoms with Gasteiger partial charge in [0.25, 0.3) is 0 Å². The molecule has 1 aliphatic heterocycles. The summed E-state index contributed by atoms with van der Waals surface area (Å²) in [5.41, 5.74) is -1.40. The molecule has 0 aromatic heterocycles. The Morgan fingerprint density at radius 2 is 1.89 bits per heavy atom. The predicted molar refractivity (Wildman–Crippen MR) is 66.9 cm³/mol. The first-order valence-corrected chi connectivity index (χ1v) is 6.71. The quantitative estimate of drug-likeness (QED) is 0.685. The molecule has 110 valence electrons. The molecule has 1 aliphatic carbocycles. The standard InChI is InChI=1S/C12H20BF3NO2/c1-11(2,3)19-10(18)17-7-9(13(14,15)16)12(8-17)5-4-6-12/h9H,4-8H2,1-3H3/q-1. The molecule has 1 amide bonds. The third-order valence-corrected chi connectivity index (χ3v) is 4.17. The fraction of sp³-hybridized carbons (Fsp3) is 0.917. The van der Waals surface area contributed by atoms with Crippen LogP contribution in [-0.4, -0.2) is 36.7 Å². The molecule has 1 atom stereocenters. The number of amides is 1. The second-order valence-electron chi connectivity index (χ2n) is 6.81. The maximum absolute atomic E-state index is 13.1. The highest BCUT2D eigenvalue weighted by Crippen LogP contribution is 2.58. The van der Waals surface area contributed by atoms with Gasteiger partial charge in [-0.1, -0.05) is 6.42 Å². The van der Waals surface area contributed by atoms with Crippen LogP contribution in [0, 0.1) is 5.41 Å². The molecular formula is C12H20BF3NO2-. The van der Waals surface area contributed by atoms with Gasteiger partial charge in [0.15, 0.2) is 0 Å². The maximum Gasteiger partial charge on any atom is 0.483 e. The van der Waals surface area contributed by atoms with Crippen molar-refractivity contribution in [2.75, 3.05) is 13.1 Å². The van der Waals surface area contributed by atoms with E-state index in [9.17, 15) is 17.7 Å². The van der Waals surface area contributed by atoms with Gasteiger partial charge >= 0.3 is 13.1 Å². The van der Waals surface area contributed by atoms with Crippen LogP contribution in [0.5, 0.6) is 0 Å². The summed E-state index contributed by atoms with van der Waals surface area (Å²) in [6.07, 6.45) is 1.34. The van der Waals surface area contributed by atoms with Crippen LogP contribution in [0.4, 0.5) is 17.7 Å². The van der Waals surface area contributed by atoms with Gasteiger partial charge in [-0.25, -0.2) is 4.79 Å². The number of hydrogen-bond acceptors (Lipinski definition) is 2. The van der Waals surface area contributed by atoms with Gasteiger partial charge in [-0.15, -0.1) is 0 Å². The van der Waals surface area contributed by atoms with E-state index in [1.165, 1.54) is 4.90 Å². The first kappa shape index (κ1) is 14.5. The number of nitrogens with zero attached hydrogens (tertiary/aromatic N) is 1.